The SMILES string of the molecule is CC(C)(C)OC(=O)N1CC([C@@H](O)CC#N)C1. The lowest BCUT2D eigenvalue weighted by Crippen LogP contribution is -2.55. The summed E-state index contributed by atoms with van der Waals surface area (Å²) in [5, 5.41) is 17.9. The summed E-state index contributed by atoms with van der Waals surface area (Å²) in [5.41, 5.74) is -0.493. The van der Waals surface area contributed by atoms with E-state index < -0.39 is 11.7 Å². The van der Waals surface area contributed by atoms with Crippen LogP contribution in [0.25, 0.3) is 0 Å². The van der Waals surface area contributed by atoms with Gasteiger partial charge in [-0.15, -0.1) is 0 Å². The van der Waals surface area contributed by atoms with E-state index >= 15 is 0 Å². The molecule has 0 aromatic carbocycles. The normalized spacial score (nSPS) is 18.6. The van der Waals surface area contributed by atoms with Gasteiger partial charge in [0.1, 0.15) is 5.60 Å². The van der Waals surface area contributed by atoms with Gasteiger partial charge in [-0.3, -0.25) is 0 Å². The summed E-state index contributed by atoms with van der Waals surface area (Å²) in [7, 11) is 0. The molecule has 0 radical (unpaired) electrons. The first-order chi connectivity index (χ1) is 7.33. The maximum Gasteiger partial charge on any atom is 0.410 e. The average Bonchev–Trinajstić information content (AvgIpc) is 1.97. The number of rotatable bonds is 2. The Morgan fingerprint density at radius 2 is 2.19 bits per heavy atom. The van der Waals surface area contributed by atoms with Crippen molar-refractivity contribution in [3.8, 4) is 6.07 Å². The number of hydrogen-bond donors (Lipinski definition) is 1. The molecule has 5 heteroatoms. The van der Waals surface area contributed by atoms with E-state index in [0.29, 0.717) is 13.1 Å². The van der Waals surface area contributed by atoms with Crippen LogP contribution in [0.5, 0.6) is 0 Å². The number of carbonyl (C=O) groups excluding carboxylic acids is 1. The Labute approximate surface area is 95.6 Å². The molecular formula is C11H18N2O3. The fourth-order valence-electron chi connectivity index (χ4n) is 1.49. The molecule has 1 rings (SSSR count). The summed E-state index contributed by atoms with van der Waals surface area (Å²) in [5.74, 6) is 0.00664. The van der Waals surface area contributed by atoms with E-state index in [1.165, 1.54) is 4.90 Å². The van der Waals surface area contributed by atoms with E-state index in [1.54, 1.807) is 0 Å². The van der Waals surface area contributed by atoms with Crippen LogP contribution in [0.1, 0.15) is 27.2 Å². The Kier molecular flexibility index (Phi) is 3.76. The topological polar surface area (TPSA) is 73.6 Å². The number of likely N-dealkylation sites (tertiary alicyclic amines) is 1. The van der Waals surface area contributed by atoms with Gasteiger partial charge in [0.15, 0.2) is 0 Å². The largest absolute Gasteiger partial charge is 0.444 e. The molecule has 0 aliphatic carbocycles. The minimum atomic E-state index is -0.635. The van der Waals surface area contributed by atoms with Crippen LogP contribution in [0, 0.1) is 17.2 Å². The van der Waals surface area contributed by atoms with Gasteiger partial charge in [0.2, 0.25) is 0 Å². The van der Waals surface area contributed by atoms with Crippen molar-refractivity contribution in [1.82, 2.24) is 4.90 Å². The minimum absolute atomic E-state index is 0.00664. The van der Waals surface area contributed by atoms with E-state index in [9.17, 15) is 9.90 Å². The lowest BCUT2D eigenvalue weighted by Gasteiger charge is -2.41. The fraction of sp³-hybridized carbons (Fsp3) is 0.818. The van der Waals surface area contributed by atoms with E-state index in [4.69, 9.17) is 10.00 Å². The number of nitrogens with zero attached hydrogens (tertiary/aromatic N) is 2. The van der Waals surface area contributed by atoms with Gasteiger partial charge in [-0.05, 0) is 20.8 Å². The summed E-state index contributed by atoms with van der Waals surface area (Å²) < 4.78 is 5.17. The predicted octanol–water partition coefficient (Wildman–Crippen LogP) is 1.13. The maximum atomic E-state index is 11.5. The van der Waals surface area contributed by atoms with Crippen molar-refractivity contribution in [3.63, 3.8) is 0 Å². The molecule has 1 aliphatic heterocycles. The van der Waals surface area contributed by atoms with Crippen molar-refractivity contribution >= 4 is 6.09 Å². The Morgan fingerprint density at radius 1 is 1.62 bits per heavy atom. The Hall–Kier alpha value is -1.28. The molecule has 1 N–H and O–H groups in total. The first kappa shape index (κ1) is 12.8. The van der Waals surface area contributed by atoms with Gasteiger partial charge in [0.05, 0.1) is 18.6 Å². The molecule has 0 aromatic rings. The van der Waals surface area contributed by atoms with E-state index in [1.807, 2.05) is 26.8 Å². The first-order valence-corrected chi connectivity index (χ1v) is 5.36. The molecule has 1 atom stereocenters. The molecule has 0 bridgehead atoms. The molecule has 0 unspecified atom stereocenters. The monoisotopic (exact) mass is 226 g/mol. The minimum Gasteiger partial charge on any atom is -0.444 e. The molecule has 90 valence electrons. The highest BCUT2D eigenvalue weighted by molar-refractivity contribution is 5.69. The average molecular weight is 226 g/mol. The lowest BCUT2D eigenvalue weighted by atomic mass is 9.92. The zero-order valence-corrected chi connectivity index (χ0v) is 9.93. The van der Waals surface area contributed by atoms with Crippen molar-refractivity contribution in [1.29, 1.82) is 5.26 Å². The van der Waals surface area contributed by atoms with Gasteiger partial charge >= 0.3 is 6.09 Å². The number of hydrogen-bond acceptors (Lipinski definition) is 4. The van der Waals surface area contributed by atoms with Crippen molar-refractivity contribution in [2.45, 2.75) is 38.9 Å². The second-order valence-corrected chi connectivity index (χ2v) is 5.07. The molecule has 1 heterocycles. The summed E-state index contributed by atoms with van der Waals surface area (Å²) in [4.78, 5) is 13.1. The second-order valence-electron chi connectivity index (χ2n) is 5.07. The van der Waals surface area contributed by atoms with Crippen LogP contribution >= 0.6 is 0 Å². The van der Waals surface area contributed by atoms with Crippen LogP contribution in [0.2, 0.25) is 0 Å². The Morgan fingerprint density at radius 3 is 2.62 bits per heavy atom. The second kappa shape index (κ2) is 4.71. The molecule has 16 heavy (non-hydrogen) atoms. The molecule has 1 fully saturated rings. The van der Waals surface area contributed by atoms with Gasteiger partial charge in [0.25, 0.3) is 0 Å². The predicted molar refractivity (Wildman–Crippen MR) is 57.5 cm³/mol. The van der Waals surface area contributed by atoms with Gasteiger partial charge in [-0.1, -0.05) is 0 Å². The number of nitriles is 1. The van der Waals surface area contributed by atoms with Crippen molar-refractivity contribution in [2.24, 2.45) is 5.92 Å². The molecule has 1 amide bonds. The first-order valence-electron chi connectivity index (χ1n) is 5.36. The third-order valence-electron chi connectivity index (χ3n) is 2.41. The zero-order valence-electron chi connectivity index (χ0n) is 9.93. The highest BCUT2D eigenvalue weighted by atomic mass is 16.6. The van der Waals surface area contributed by atoms with Crippen molar-refractivity contribution in [3.05, 3.63) is 0 Å². The van der Waals surface area contributed by atoms with Crippen molar-refractivity contribution in [2.75, 3.05) is 13.1 Å². The molecule has 1 aliphatic rings. The van der Waals surface area contributed by atoms with Gasteiger partial charge < -0.3 is 14.7 Å². The van der Waals surface area contributed by atoms with Crippen LogP contribution in [0.15, 0.2) is 0 Å². The maximum absolute atomic E-state index is 11.5. The van der Waals surface area contributed by atoms with Crippen LogP contribution in [-0.4, -0.2) is 40.9 Å². The van der Waals surface area contributed by atoms with Gasteiger partial charge in [-0.25, -0.2) is 4.79 Å². The number of aliphatic hydroxyl groups is 1. The molecule has 5 nitrogen and oxygen atoms in total. The summed E-state index contributed by atoms with van der Waals surface area (Å²) >= 11 is 0. The fourth-order valence-corrected chi connectivity index (χ4v) is 1.49. The lowest BCUT2D eigenvalue weighted by molar-refractivity contribution is -0.0292. The number of carbonyl (C=O) groups is 1. The molecule has 1 saturated heterocycles. The summed E-state index contributed by atoms with van der Waals surface area (Å²) in [6.45, 7) is 6.38. The standard InChI is InChI=1S/C11H18N2O3/c1-11(2,3)16-10(15)13-6-8(7-13)9(14)4-5-12/h8-9,14H,4,6-7H2,1-3H3/t9-/m0/s1. The highest BCUT2D eigenvalue weighted by Crippen LogP contribution is 2.23. The number of amides is 1. The quantitative estimate of drug-likeness (QED) is 0.766. The van der Waals surface area contributed by atoms with Crippen molar-refractivity contribution < 1.29 is 14.6 Å². The van der Waals surface area contributed by atoms with Gasteiger partial charge in [0, 0.05) is 19.0 Å². The third-order valence-corrected chi connectivity index (χ3v) is 2.41. The zero-order chi connectivity index (χ0) is 12.3. The molecular weight excluding hydrogens is 208 g/mol. The smallest absolute Gasteiger partial charge is 0.410 e. The van der Waals surface area contributed by atoms with E-state index in [2.05, 4.69) is 0 Å². The Bertz CT molecular complexity index is 297. The molecule has 0 aromatic heterocycles. The molecule has 0 spiro atoms. The summed E-state index contributed by atoms with van der Waals surface area (Å²) in [6.07, 6.45) is -0.871. The van der Waals surface area contributed by atoms with E-state index in [-0.39, 0.29) is 18.4 Å². The van der Waals surface area contributed by atoms with Crippen LogP contribution in [0.4, 0.5) is 4.79 Å². The van der Waals surface area contributed by atoms with Crippen LogP contribution in [0.3, 0.4) is 0 Å². The van der Waals surface area contributed by atoms with E-state index in [0.717, 1.165) is 0 Å². The number of ether oxygens (including phenoxy) is 1. The van der Waals surface area contributed by atoms with Crippen LogP contribution < -0.4 is 0 Å². The Balaban J connectivity index is 2.31. The van der Waals surface area contributed by atoms with Gasteiger partial charge in [-0.2, -0.15) is 5.26 Å². The summed E-state index contributed by atoms with van der Waals surface area (Å²) in [6, 6.07) is 1.91. The molecule has 0 saturated carbocycles. The number of aliphatic hydroxyl groups excluding tert-OH is 1. The van der Waals surface area contributed by atoms with Crippen LogP contribution in [-0.2, 0) is 4.74 Å². The third kappa shape index (κ3) is 3.38. The highest BCUT2D eigenvalue weighted by Gasteiger charge is 2.37.